The van der Waals surface area contributed by atoms with Crippen LogP contribution < -0.4 is 5.32 Å². The molecule has 0 bridgehead atoms. The molecule has 1 N–H and O–H groups in total. The molecule has 0 aromatic heterocycles. The summed E-state index contributed by atoms with van der Waals surface area (Å²) in [5.41, 5.74) is 2.60. The van der Waals surface area contributed by atoms with E-state index in [1.165, 1.54) is 4.31 Å². The summed E-state index contributed by atoms with van der Waals surface area (Å²) in [4.78, 5) is 12.7. The van der Waals surface area contributed by atoms with Gasteiger partial charge in [-0.1, -0.05) is 31.0 Å². The van der Waals surface area contributed by atoms with Gasteiger partial charge in [-0.05, 0) is 51.2 Å². The molecular formula is C19H30N2O3S. The van der Waals surface area contributed by atoms with Crippen LogP contribution in [0.2, 0.25) is 0 Å². The average molecular weight is 367 g/mol. The third-order valence-corrected chi connectivity index (χ3v) is 6.96. The maximum atomic E-state index is 13.2. The quantitative estimate of drug-likeness (QED) is 0.787. The van der Waals surface area contributed by atoms with Gasteiger partial charge in [0.15, 0.2) is 0 Å². The number of nitrogens with one attached hydrogen (secondary N) is 1. The number of benzene rings is 1. The molecule has 1 aromatic carbocycles. The first-order valence-corrected chi connectivity index (χ1v) is 10.6. The Balaban J connectivity index is 2.19. The fourth-order valence-corrected chi connectivity index (χ4v) is 5.55. The van der Waals surface area contributed by atoms with Gasteiger partial charge < -0.3 is 5.32 Å². The molecule has 1 amide bonds. The van der Waals surface area contributed by atoms with Crippen molar-refractivity contribution in [2.45, 2.75) is 58.3 Å². The molecule has 1 saturated heterocycles. The molecule has 2 rings (SSSR count). The highest BCUT2D eigenvalue weighted by Gasteiger charge is 2.34. The van der Waals surface area contributed by atoms with Gasteiger partial charge in [0.1, 0.15) is 0 Å². The first-order chi connectivity index (χ1) is 11.8. The van der Waals surface area contributed by atoms with Crippen molar-refractivity contribution in [1.29, 1.82) is 0 Å². The van der Waals surface area contributed by atoms with Crippen molar-refractivity contribution in [3.8, 4) is 0 Å². The average Bonchev–Trinajstić information content (AvgIpc) is 2.54. The van der Waals surface area contributed by atoms with Gasteiger partial charge in [0.05, 0.1) is 10.8 Å². The highest BCUT2D eigenvalue weighted by molar-refractivity contribution is 7.89. The summed E-state index contributed by atoms with van der Waals surface area (Å²) in [6.45, 7) is 9.13. The van der Waals surface area contributed by atoms with E-state index in [9.17, 15) is 13.2 Å². The molecule has 0 spiro atoms. The van der Waals surface area contributed by atoms with Crippen molar-refractivity contribution in [1.82, 2.24) is 9.62 Å². The summed E-state index contributed by atoms with van der Waals surface area (Å²) in [5.74, 6) is -0.280. The lowest BCUT2D eigenvalue weighted by molar-refractivity contribution is -0.126. The van der Waals surface area contributed by atoms with Crippen LogP contribution >= 0.6 is 0 Å². The van der Waals surface area contributed by atoms with E-state index in [0.29, 0.717) is 18.0 Å². The number of unbranched alkanes of at least 4 members (excludes halogenated alkanes) is 1. The van der Waals surface area contributed by atoms with Gasteiger partial charge in [0.2, 0.25) is 15.9 Å². The van der Waals surface area contributed by atoms with E-state index in [1.54, 1.807) is 0 Å². The number of carbonyl (C=O) groups excluding carboxylic acids is 1. The van der Waals surface area contributed by atoms with Crippen molar-refractivity contribution in [3.63, 3.8) is 0 Å². The Morgan fingerprint density at radius 1 is 1.24 bits per heavy atom. The molecular weight excluding hydrogens is 336 g/mol. The highest BCUT2D eigenvalue weighted by atomic mass is 32.2. The number of carbonyl (C=O) groups is 1. The van der Waals surface area contributed by atoms with Gasteiger partial charge in [-0.3, -0.25) is 4.79 Å². The van der Waals surface area contributed by atoms with Gasteiger partial charge in [-0.25, -0.2) is 8.42 Å². The molecule has 1 heterocycles. The molecule has 1 fully saturated rings. The molecule has 0 saturated carbocycles. The Bertz CT molecular complexity index is 705. The Morgan fingerprint density at radius 2 is 1.88 bits per heavy atom. The van der Waals surface area contributed by atoms with Gasteiger partial charge in [-0.15, -0.1) is 0 Å². The Hall–Kier alpha value is -1.40. The third-order valence-electron chi connectivity index (χ3n) is 4.79. The first kappa shape index (κ1) is 19.9. The molecule has 25 heavy (non-hydrogen) atoms. The SMILES string of the molecule is CCCCNC(=O)C1CCCN(S(=O)(=O)c2c(C)cc(C)cc2C)C1. The summed E-state index contributed by atoms with van der Waals surface area (Å²) in [6, 6.07) is 3.80. The largest absolute Gasteiger partial charge is 0.356 e. The number of hydrogen-bond donors (Lipinski definition) is 1. The standard InChI is InChI=1S/C19H30N2O3S/c1-5-6-9-20-19(22)17-8-7-10-21(13-17)25(23,24)18-15(3)11-14(2)12-16(18)4/h11-12,17H,5-10,13H2,1-4H3,(H,20,22). The van der Waals surface area contributed by atoms with Crippen LogP contribution in [0.25, 0.3) is 0 Å². The number of aryl methyl sites for hydroxylation is 3. The van der Waals surface area contributed by atoms with Gasteiger partial charge in [-0.2, -0.15) is 4.31 Å². The van der Waals surface area contributed by atoms with Crippen LogP contribution in [0.4, 0.5) is 0 Å². The zero-order valence-corrected chi connectivity index (χ0v) is 16.6. The molecule has 1 unspecified atom stereocenters. The molecule has 6 heteroatoms. The van der Waals surface area contributed by atoms with E-state index in [2.05, 4.69) is 12.2 Å². The number of hydrogen-bond acceptors (Lipinski definition) is 3. The smallest absolute Gasteiger partial charge is 0.243 e. The van der Waals surface area contributed by atoms with E-state index in [1.807, 2.05) is 32.9 Å². The second-order valence-electron chi connectivity index (χ2n) is 7.07. The second kappa shape index (κ2) is 8.32. The topological polar surface area (TPSA) is 66.5 Å². The molecule has 1 aliphatic heterocycles. The summed E-state index contributed by atoms with van der Waals surface area (Å²) >= 11 is 0. The van der Waals surface area contributed by atoms with Crippen molar-refractivity contribution in [2.24, 2.45) is 5.92 Å². The zero-order valence-electron chi connectivity index (χ0n) is 15.8. The predicted molar refractivity (Wildman–Crippen MR) is 100 cm³/mol. The number of nitrogens with zero attached hydrogens (tertiary/aromatic N) is 1. The maximum Gasteiger partial charge on any atom is 0.243 e. The van der Waals surface area contributed by atoms with Crippen LogP contribution in [0.1, 0.15) is 49.3 Å². The fourth-order valence-electron chi connectivity index (χ4n) is 3.61. The van der Waals surface area contributed by atoms with Gasteiger partial charge >= 0.3 is 0 Å². The molecule has 140 valence electrons. The lowest BCUT2D eigenvalue weighted by atomic mass is 9.99. The van der Waals surface area contributed by atoms with Crippen molar-refractivity contribution in [3.05, 3.63) is 28.8 Å². The van der Waals surface area contributed by atoms with Crippen LogP contribution in [0, 0.1) is 26.7 Å². The Kier molecular flexibility index (Phi) is 6.63. The van der Waals surface area contributed by atoms with Crippen molar-refractivity contribution >= 4 is 15.9 Å². The maximum absolute atomic E-state index is 13.2. The van der Waals surface area contributed by atoms with Crippen LogP contribution in [-0.2, 0) is 14.8 Å². The minimum absolute atomic E-state index is 0.0225. The van der Waals surface area contributed by atoms with E-state index in [4.69, 9.17) is 0 Å². The predicted octanol–water partition coefficient (Wildman–Crippen LogP) is 2.93. The van der Waals surface area contributed by atoms with E-state index >= 15 is 0 Å². The molecule has 0 radical (unpaired) electrons. The zero-order chi connectivity index (χ0) is 18.6. The molecule has 5 nitrogen and oxygen atoms in total. The number of sulfonamides is 1. The Labute approximate surface area is 151 Å². The highest BCUT2D eigenvalue weighted by Crippen LogP contribution is 2.28. The number of amides is 1. The van der Waals surface area contributed by atoms with Gasteiger partial charge in [0, 0.05) is 19.6 Å². The Morgan fingerprint density at radius 3 is 2.48 bits per heavy atom. The van der Waals surface area contributed by atoms with E-state index in [0.717, 1.165) is 42.4 Å². The fraction of sp³-hybridized carbons (Fsp3) is 0.632. The van der Waals surface area contributed by atoms with Crippen molar-refractivity contribution in [2.75, 3.05) is 19.6 Å². The number of rotatable bonds is 6. The molecule has 1 aromatic rings. The lowest BCUT2D eigenvalue weighted by Gasteiger charge is -2.32. The van der Waals surface area contributed by atoms with Crippen LogP contribution in [0.15, 0.2) is 17.0 Å². The van der Waals surface area contributed by atoms with Gasteiger partial charge in [0.25, 0.3) is 0 Å². The summed E-state index contributed by atoms with van der Waals surface area (Å²) in [6.07, 6.45) is 3.44. The van der Waals surface area contributed by atoms with Crippen molar-refractivity contribution < 1.29 is 13.2 Å². The summed E-state index contributed by atoms with van der Waals surface area (Å²) in [7, 11) is -3.58. The second-order valence-corrected chi connectivity index (χ2v) is 8.95. The normalized spacial score (nSPS) is 19.0. The lowest BCUT2D eigenvalue weighted by Crippen LogP contribution is -2.45. The summed E-state index contributed by atoms with van der Waals surface area (Å²) < 4.78 is 27.8. The third kappa shape index (κ3) is 4.61. The van der Waals surface area contributed by atoms with Crippen LogP contribution in [0.3, 0.4) is 0 Å². The number of piperidine rings is 1. The first-order valence-electron chi connectivity index (χ1n) is 9.13. The summed E-state index contributed by atoms with van der Waals surface area (Å²) in [5, 5.41) is 2.93. The molecule has 1 atom stereocenters. The monoisotopic (exact) mass is 366 g/mol. The van der Waals surface area contributed by atoms with E-state index < -0.39 is 10.0 Å². The minimum Gasteiger partial charge on any atom is -0.356 e. The van der Waals surface area contributed by atoms with Crippen LogP contribution in [-0.4, -0.2) is 38.3 Å². The minimum atomic E-state index is -3.58. The molecule has 0 aliphatic carbocycles. The van der Waals surface area contributed by atoms with E-state index in [-0.39, 0.29) is 18.4 Å². The molecule has 1 aliphatic rings. The van der Waals surface area contributed by atoms with Crippen LogP contribution in [0.5, 0.6) is 0 Å².